The van der Waals surface area contributed by atoms with Gasteiger partial charge >= 0.3 is 0 Å². The van der Waals surface area contributed by atoms with Crippen LogP contribution in [0.25, 0.3) is 32.8 Å². The fourth-order valence-electron chi connectivity index (χ4n) is 3.86. The molecule has 4 nitrogen and oxygen atoms in total. The highest BCUT2D eigenvalue weighted by Gasteiger charge is 2.14. The number of fused-ring (bicyclic) bond motifs is 2. The normalized spacial score (nSPS) is 11.7. The monoisotopic (exact) mass is 404 g/mol. The number of nitrogens with zero attached hydrogens (tertiary/aromatic N) is 3. The van der Waals surface area contributed by atoms with E-state index in [-0.39, 0.29) is 5.41 Å². The Morgan fingerprint density at radius 1 is 0.774 bits per heavy atom. The third-order valence-electron chi connectivity index (χ3n) is 5.62. The SMILES string of the molecule is CC(C)(C)c1ccc(Nc2ncc(-c3ccc4ncncc4c3)c3ccccc23)cc1. The van der Waals surface area contributed by atoms with Crippen LogP contribution in [0.4, 0.5) is 11.5 Å². The lowest BCUT2D eigenvalue weighted by atomic mass is 9.87. The van der Waals surface area contributed by atoms with Gasteiger partial charge in [-0.3, -0.25) is 0 Å². The molecule has 0 atom stereocenters. The summed E-state index contributed by atoms with van der Waals surface area (Å²) in [6.07, 6.45) is 5.37. The van der Waals surface area contributed by atoms with Crippen LogP contribution >= 0.6 is 0 Å². The number of nitrogens with one attached hydrogen (secondary N) is 1. The Morgan fingerprint density at radius 2 is 1.55 bits per heavy atom. The molecule has 2 aromatic heterocycles. The molecule has 5 aromatic rings. The number of hydrogen-bond donors (Lipinski definition) is 1. The van der Waals surface area contributed by atoms with Gasteiger partial charge in [-0.25, -0.2) is 15.0 Å². The summed E-state index contributed by atoms with van der Waals surface area (Å²) in [4.78, 5) is 13.3. The van der Waals surface area contributed by atoms with Gasteiger partial charge in [-0.05, 0) is 46.2 Å². The number of aromatic nitrogens is 3. The van der Waals surface area contributed by atoms with E-state index in [1.807, 2.05) is 18.5 Å². The van der Waals surface area contributed by atoms with E-state index in [0.29, 0.717) is 0 Å². The zero-order chi connectivity index (χ0) is 21.4. The molecule has 0 amide bonds. The summed E-state index contributed by atoms with van der Waals surface area (Å²) >= 11 is 0. The van der Waals surface area contributed by atoms with Gasteiger partial charge in [0, 0.05) is 34.4 Å². The second kappa shape index (κ2) is 7.47. The Balaban J connectivity index is 1.56. The third kappa shape index (κ3) is 3.73. The van der Waals surface area contributed by atoms with Gasteiger partial charge in [0.1, 0.15) is 12.1 Å². The predicted octanol–water partition coefficient (Wildman–Crippen LogP) is 6.89. The van der Waals surface area contributed by atoms with Crippen LogP contribution < -0.4 is 5.32 Å². The molecule has 0 aliphatic heterocycles. The summed E-state index contributed by atoms with van der Waals surface area (Å²) < 4.78 is 0. The molecule has 31 heavy (non-hydrogen) atoms. The molecule has 4 heteroatoms. The molecule has 1 N–H and O–H groups in total. The first-order valence-corrected chi connectivity index (χ1v) is 10.4. The number of rotatable bonds is 3. The summed E-state index contributed by atoms with van der Waals surface area (Å²) in [6.45, 7) is 6.67. The topological polar surface area (TPSA) is 50.7 Å². The van der Waals surface area contributed by atoms with E-state index in [2.05, 4.69) is 96.7 Å². The van der Waals surface area contributed by atoms with E-state index in [9.17, 15) is 0 Å². The lowest BCUT2D eigenvalue weighted by Crippen LogP contribution is -2.10. The van der Waals surface area contributed by atoms with Crippen molar-refractivity contribution in [2.45, 2.75) is 26.2 Å². The molecular formula is C27H24N4. The third-order valence-corrected chi connectivity index (χ3v) is 5.62. The van der Waals surface area contributed by atoms with Crippen LogP contribution in [0.5, 0.6) is 0 Å². The Labute approximate surface area is 182 Å². The molecule has 0 fully saturated rings. The van der Waals surface area contributed by atoms with Gasteiger partial charge in [-0.15, -0.1) is 0 Å². The van der Waals surface area contributed by atoms with E-state index in [0.717, 1.165) is 44.3 Å². The van der Waals surface area contributed by atoms with Crippen LogP contribution in [0, 0.1) is 0 Å². The number of pyridine rings is 1. The first-order valence-electron chi connectivity index (χ1n) is 10.4. The Kier molecular flexibility index (Phi) is 4.63. The van der Waals surface area contributed by atoms with Crippen LogP contribution in [0.15, 0.2) is 85.5 Å². The minimum absolute atomic E-state index is 0.135. The average molecular weight is 405 g/mol. The molecule has 3 aromatic carbocycles. The standard InChI is InChI=1S/C27H24N4/c1-27(2,3)20-9-11-21(12-10-20)31-26-23-7-5-4-6-22(23)24(16-29-26)18-8-13-25-19(14-18)15-28-17-30-25/h4-17H,1-3H3,(H,29,31). The van der Waals surface area contributed by atoms with Gasteiger partial charge in [-0.2, -0.15) is 0 Å². The average Bonchev–Trinajstić information content (AvgIpc) is 2.79. The lowest BCUT2D eigenvalue weighted by molar-refractivity contribution is 0.590. The summed E-state index contributed by atoms with van der Waals surface area (Å²) in [5.41, 5.74) is 5.61. The van der Waals surface area contributed by atoms with Crippen molar-refractivity contribution in [1.29, 1.82) is 0 Å². The highest BCUT2D eigenvalue weighted by molar-refractivity contribution is 6.03. The van der Waals surface area contributed by atoms with Crippen molar-refractivity contribution in [2.75, 3.05) is 5.32 Å². The van der Waals surface area contributed by atoms with E-state index in [1.165, 1.54) is 5.56 Å². The maximum absolute atomic E-state index is 4.79. The van der Waals surface area contributed by atoms with Crippen LogP contribution in [0.1, 0.15) is 26.3 Å². The zero-order valence-electron chi connectivity index (χ0n) is 17.9. The van der Waals surface area contributed by atoms with E-state index in [1.54, 1.807) is 6.33 Å². The van der Waals surface area contributed by atoms with Crippen molar-refractivity contribution >= 4 is 33.2 Å². The summed E-state index contributed by atoms with van der Waals surface area (Å²) in [6, 6.07) is 23.2. The predicted molar refractivity (Wildman–Crippen MR) is 129 cm³/mol. The van der Waals surface area contributed by atoms with Gasteiger partial charge in [0.05, 0.1) is 5.52 Å². The molecule has 5 rings (SSSR count). The molecule has 0 spiro atoms. The Bertz CT molecular complexity index is 1380. The smallest absolute Gasteiger partial charge is 0.138 e. The number of hydrogen-bond acceptors (Lipinski definition) is 4. The molecule has 0 saturated heterocycles. The molecule has 0 radical (unpaired) electrons. The summed E-state index contributed by atoms with van der Waals surface area (Å²) in [5.74, 6) is 0.854. The van der Waals surface area contributed by atoms with Gasteiger partial charge in [0.15, 0.2) is 0 Å². The lowest BCUT2D eigenvalue weighted by Gasteiger charge is -2.19. The summed E-state index contributed by atoms with van der Waals surface area (Å²) in [5, 5.41) is 6.76. The van der Waals surface area contributed by atoms with E-state index in [4.69, 9.17) is 4.98 Å². The van der Waals surface area contributed by atoms with Crippen molar-refractivity contribution in [1.82, 2.24) is 15.0 Å². The van der Waals surface area contributed by atoms with Crippen LogP contribution in [0.3, 0.4) is 0 Å². The zero-order valence-corrected chi connectivity index (χ0v) is 17.9. The van der Waals surface area contributed by atoms with Crippen LogP contribution in [0.2, 0.25) is 0 Å². The molecular weight excluding hydrogens is 380 g/mol. The maximum Gasteiger partial charge on any atom is 0.138 e. The van der Waals surface area contributed by atoms with E-state index >= 15 is 0 Å². The molecule has 0 aliphatic carbocycles. The highest BCUT2D eigenvalue weighted by Crippen LogP contribution is 2.34. The number of benzene rings is 3. The van der Waals surface area contributed by atoms with Crippen LogP contribution in [-0.2, 0) is 5.41 Å². The quantitative estimate of drug-likeness (QED) is 0.356. The fraction of sp³-hybridized carbons (Fsp3) is 0.148. The molecule has 152 valence electrons. The van der Waals surface area contributed by atoms with Crippen molar-refractivity contribution in [3.05, 3.63) is 91.0 Å². The van der Waals surface area contributed by atoms with Crippen LogP contribution in [-0.4, -0.2) is 15.0 Å². The molecule has 2 heterocycles. The minimum Gasteiger partial charge on any atom is -0.340 e. The molecule has 0 aliphatic rings. The van der Waals surface area contributed by atoms with Gasteiger partial charge in [-0.1, -0.05) is 63.2 Å². The second-order valence-corrected chi connectivity index (χ2v) is 8.81. The molecule has 0 bridgehead atoms. The van der Waals surface area contributed by atoms with Gasteiger partial charge in [0.25, 0.3) is 0 Å². The van der Waals surface area contributed by atoms with Crippen molar-refractivity contribution in [3.8, 4) is 11.1 Å². The maximum atomic E-state index is 4.79. The number of anilines is 2. The first-order chi connectivity index (χ1) is 15.0. The highest BCUT2D eigenvalue weighted by atomic mass is 15.0. The van der Waals surface area contributed by atoms with Gasteiger partial charge < -0.3 is 5.32 Å². The van der Waals surface area contributed by atoms with Crippen molar-refractivity contribution < 1.29 is 0 Å². The Hall–Kier alpha value is -3.79. The summed E-state index contributed by atoms with van der Waals surface area (Å²) in [7, 11) is 0. The first kappa shape index (κ1) is 19.2. The van der Waals surface area contributed by atoms with Crippen molar-refractivity contribution in [3.63, 3.8) is 0 Å². The second-order valence-electron chi connectivity index (χ2n) is 8.81. The molecule has 0 unspecified atom stereocenters. The van der Waals surface area contributed by atoms with Gasteiger partial charge in [0.2, 0.25) is 0 Å². The fourth-order valence-corrected chi connectivity index (χ4v) is 3.86. The molecule has 0 saturated carbocycles. The minimum atomic E-state index is 0.135. The van der Waals surface area contributed by atoms with Crippen molar-refractivity contribution in [2.24, 2.45) is 0 Å². The largest absolute Gasteiger partial charge is 0.340 e. The Morgan fingerprint density at radius 3 is 2.32 bits per heavy atom. The van der Waals surface area contributed by atoms with E-state index < -0.39 is 0 Å².